The quantitative estimate of drug-likeness (QED) is 0.764. The monoisotopic (exact) mass is 264 g/mol. The van der Waals surface area contributed by atoms with Gasteiger partial charge in [0.25, 0.3) is 0 Å². The van der Waals surface area contributed by atoms with E-state index in [1.807, 2.05) is 0 Å². The summed E-state index contributed by atoms with van der Waals surface area (Å²) in [6.07, 6.45) is 7.88. The lowest BCUT2D eigenvalue weighted by Gasteiger charge is -2.09. The second kappa shape index (κ2) is 5.91. The fourth-order valence-corrected chi connectivity index (χ4v) is 2.75. The van der Waals surface area contributed by atoms with E-state index < -0.39 is 5.97 Å². The van der Waals surface area contributed by atoms with Crippen molar-refractivity contribution in [2.24, 2.45) is 5.92 Å². The first-order valence-corrected chi connectivity index (χ1v) is 6.79. The molecule has 1 saturated carbocycles. The van der Waals surface area contributed by atoms with Crippen LogP contribution in [-0.2, 0) is 4.79 Å². The molecule has 104 valence electrons. The third-order valence-corrected chi connectivity index (χ3v) is 3.82. The average Bonchev–Trinajstić information content (AvgIpc) is 2.96. The van der Waals surface area contributed by atoms with Gasteiger partial charge < -0.3 is 15.4 Å². The number of nitrogens with one attached hydrogen (secondary N) is 2. The number of hydrogen-bond acceptors (Lipinski definition) is 2. The van der Waals surface area contributed by atoms with Crippen molar-refractivity contribution >= 4 is 17.6 Å². The number of aryl methyl sites for hydroxylation is 1. The Kier molecular flexibility index (Phi) is 4.24. The number of carboxylic acid groups (broad SMARTS) is 1. The normalized spacial score (nSPS) is 15.6. The van der Waals surface area contributed by atoms with Gasteiger partial charge in [0.05, 0.1) is 5.69 Å². The molecular weight excluding hydrogens is 244 g/mol. The Hall–Kier alpha value is -1.78. The van der Waals surface area contributed by atoms with Crippen molar-refractivity contribution in [2.45, 2.75) is 45.4 Å². The van der Waals surface area contributed by atoms with E-state index in [9.17, 15) is 9.59 Å². The van der Waals surface area contributed by atoms with Crippen LogP contribution in [0.4, 0.5) is 5.69 Å². The summed E-state index contributed by atoms with van der Waals surface area (Å²) in [4.78, 5) is 25.7. The largest absolute Gasteiger partial charge is 0.478 e. The molecule has 0 unspecified atom stereocenters. The van der Waals surface area contributed by atoms with E-state index >= 15 is 0 Å². The van der Waals surface area contributed by atoms with E-state index in [2.05, 4.69) is 10.3 Å². The fraction of sp³-hybridized carbons (Fsp3) is 0.571. The number of carbonyl (C=O) groups is 2. The number of anilines is 1. The fourth-order valence-electron chi connectivity index (χ4n) is 2.75. The van der Waals surface area contributed by atoms with Crippen LogP contribution in [0.1, 0.15) is 54.6 Å². The topological polar surface area (TPSA) is 82.2 Å². The maximum Gasteiger partial charge on any atom is 0.339 e. The molecule has 1 fully saturated rings. The van der Waals surface area contributed by atoms with E-state index in [4.69, 9.17) is 5.11 Å². The standard InChI is InChI=1S/C14H20N2O3/c1-9-13(14(18)19)11(8-15-9)16-12(17)7-6-10-4-2-3-5-10/h8,10,15H,2-7H2,1H3,(H,16,17)(H,18,19). The first-order valence-electron chi connectivity index (χ1n) is 6.79. The van der Waals surface area contributed by atoms with Gasteiger partial charge in [-0.1, -0.05) is 25.7 Å². The number of aromatic nitrogens is 1. The maximum absolute atomic E-state index is 11.8. The minimum atomic E-state index is -1.02. The summed E-state index contributed by atoms with van der Waals surface area (Å²) in [6.45, 7) is 1.68. The van der Waals surface area contributed by atoms with Crippen LogP contribution in [0.5, 0.6) is 0 Å². The first kappa shape index (κ1) is 13.6. The Morgan fingerprint density at radius 3 is 2.74 bits per heavy atom. The van der Waals surface area contributed by atoms with Crippen LogP contribution in [0, 0.1) is 12.8 Å². The van der Waals surface area contributed by atoms with Gasteiger partial charge in [0.15, 0.2) is 0 Å². The van der Waals surface area contributed by atoms with Crippen molar-refractivity contribution in [2.75, 3.05) is 5.32 Å². The van der Waals surface area contributed by atoms with Crippen molar-refractivity contribution in [3.8, 4) is 0 Å². The molecule has 0 radical (unpaired) electrons. The SMILES string of the molecule is Cc1[nH]cc(NC(=O)CCC2CCCC2)c1C(=O)O. The highest BCUT2D eigenvalue weighted by Crippen LogP contribution is 2.28. The summed E-state index contributed by atoms with van der Waals surface area (Å²) < 4.78 is 0. The molecule has 1 aliphatic rings. The number of aromatic carboxylic acids is 1. The van der Waals surface area contributed by atoms with Crippen molar-refractivity contribution in [1.82, 2.24) is 4.98 Å². The molecule has 1 aromatic rings. The molecule has 3 N–H and O–H groups in total. The Morgan fingerprint density at radius 2 is 2.11 bits per heavy atom. The molecular formula is C14H20N2O3. The predicted molar refractivity (Wildman–Crippen MR) is 72.3 cm³/mol. The summed E-state index contributed by atoms with van der Waals surface area (Å²) in [5, 5.41) is 11.8. The zero-order chi connectivity index (χ0) is 13.8. The van der Waals surface area contributed by atoms with Gasteiger partial charge in [-0.15, -0.1) is 0 Å². The molecule has 1 aromatic heterocycles. The maximum atomic E-state index is 11.8. The highest BCUT2D eigenvalue weighted by Gasteiger charge is 2.19. The minimum Gasteiger partial charge on any atom is -0.478 e. The van der Waals surface area contributed by atoms with Gasteiger partial charge >= 0.3 is 5.97 Å². The van der Waals surface area contributed by atoms with Gasteiger partial charge in [0.2, 0.25) is 5.91 Å². The van der Waals surface area contributed by atoms with Gasteiger partial charge in [-0.25, -0.2) is 4.79 Å². The van der Waals surface area contributed by atoms with E-state index in [0.29, 0.717) is 23.7 Å². The minimum absolute atomic E-state index is 0.103. The smallest absolute Gasteiger partial charge is 0.339 e. The molecule has 0 saturated heterocycles. The zero-order valence-electron chi connectivity index (χ0n) is 11.2. The van der Waals surface area contributed by atoms with Crippen LogP contribution < -0.4 is 5.32 Å². The van der Waals surface area contributed by atoms with E-state index in [1.165, 1.54) is 31.9 Å². The second-order valence-electron chi connectivity index (χ2n) is 5.24. The van der Waals surface area contributed by atoms with Gasteiger partial charge in [0.1, 0.15) is 5.56 Å². The summed E-state index contributed by atoms with van der Waals surface area (Å²) in [5.41, 5.74) is 1.06. The first-order chi connectivity index (χ1) is 9.08. The second-order valence-corrected chi connectivity index (χ2v) is 5.24. The third kappa shape index (κ3) is 3.36. The molecule has 1 amide bonds. The molecule has 0 aromatic carbocycles. The highest BCUT2D eigenvalue weighted by molar-refractivity contribution is 6.01. The lowest BCUT2D eigenvalue weighted by atomic mass is 10.0. The van der Waals surface area contributed by atoms with E-state index in [-0.39, 0.29) is 11.5 Å². The van der Waals surface area contributed by atoms with E-state index in [0.717, 1.165) is 6.42 Å². The van der Waals surface area contributed by atoms with Crippen LogP contribution in [0.3, 0.4) is 0 Å². The number of rotatable bonds is 5. The Morgan fingerprint density at radius 1 is 1.42 bits per heavy atom. The van der Waals surface area contributed by atoms with Gasteiger partial charge in [0, 0.05) is 18.3 Å². The van der Waals surface area contributed by atoms with Gasteiger partial charge in [-0.2, -0.15) is 0 Å². The summed E-state index contributed by atoms with van der Waals surface area (Å²) in [6, 6.07) is 0. The van der Waals surface area contributed by atoms with Crippen LogP contribution in [0.25, 0.3) is 0 Å². The number of hydrogen-bond donors (Lipinski definition) is 3. The number of amides is 1. The third-order valence-electron chi connectivity index (χ3n) is 3.82. The summed E-state index contributed by atoms with van der Waals surface area (Å²) >= 11 is 0. The summed E-state index contributed by atoms with van der Waals surface area (Å²) in [5.74, 6) is -0.462. The molecule has 0 spiro atoms. The predicted octanol–water partition coefficient (Wildman–Crippen LogP) is 2.93. The molecule has 0 bridgehead atoms. The number of carbonyl (C=O) groups excluding carboxylic acids is 1. The number of H-pyrrole nitrogens is 1. The van der Waals surface area contributed by atoms with Gasteiger partial charge in [-0.05, 0) is 19.3 Å². The number of carboxylic acids is 1. The van der Waals surface area contributed by atoms with Crippen molar-refractivity contribution < 1.29 is 14.7 Å². The Balaban J connectivity index is 1.89. The van der Waals surface area contributed by atoms with Crippen LogP contribution >= 0.6 is 0 Å². The lowest BCUT2D eigenvalue weighted by Crippen LogP contribution is -2.14. The average molecular weight is 264 g/mol. The number of aromatic amines is 1. The van der Waals surface area contributed by atoms with Crippen molar-refractivity contribution in [3.63, 3.8) is 0 Å². The molecule has 19 heavy (non-hydrogen) atoms. The summed E-state index contributed by atoms with van der Waals surface area (Å²) in [7, 11) is 0. The highest BCUT2D eigenvalue weighted by atomic mass is 16.4. The molecule has 5 nitrogen and oxygen atoms in total. The van der Waals surface area contributed by atoms with Crippen molar-refractivity contribution in [1.29, 1.82) is 0 Å². The van der Waals surface area contributed by atoms with Gasteiger partial charge in [-0.3, -0.25) is 4.79 Å². The molecule has 0 atom stereocenters. The van der Waals surface area contributed by atoms with E-state index in [1.54, 1.807) is 6.92 Å². The molecule has 2 rings (SSSR count). The zero-order valence-corrected chi connectivity index (χ0v) is 11.2. The lowest BCUT2D eigenvalue weighted by molar-refractivity contribution is -0.116. The molecule has 1 aliphatic carbocycles. The van der Waals surface area contributed by atoms with Crippen LogP contribution in [0.2, 0.25) is 0 Å². The Bertz CT molecular complexity index is 473. The Labute approximate surface area is 112 Å². The van der Waals surface area contributed by atoms with Crippen LogP contribution in [0.15, 0.2) is 6.20 Å². The van der Waals surface area contributed by atoms with Crippen molar-refractivity contribution in [3.05, 3.63) is 17.5 Å². The molecule has 5 heteroatoms. The molecule has 0 aliphatic heterocycles. The van der Waals surface area contributed by atoms with Crippen LogP contribution in [-0.4, -0.2) is 22.0 Å². The molecule has 1 heterocycles.